The number of carbonyl (C=O) groups is 2. The van der Waals surface area contributed by atoms with E-state index in [4.69, 9.17) is 23.8 Å². The predicted octanol–water partition coefficient (Wildman–Crippen LogP) is 9.75. The standard InChI is InChI=1S/C44H74O14P2/c1-3-5-6-7-8-9-10-11-12-16-19-22-25-28-31-34-43(47)54-38-42(39-57-60(52,53)56-37-41(46)36-55-59(49,50)51)58-44(48)35-32-29-26-23-20-17-14-13-15-18-21-24-27-30-33-40(45)4-2/h9-12,14-15,17-18,23-24,26-27,30,33,40-42,45-46H,3-8,13,16,19-22,25,28-29,31-32,34-39H2,1-2H3,(H,52,53)(H2,49,50,51)/b10-9-,12-11-,17-14-,18-15-,26-23-,27-24-,33-30+/t40-,41+,42-/m1/s1. The predicted molar refractivity (Wildman–Crippen MR) is 236 cm³/mol. The van der Waals surface area contributed by atoms with Crippen molar-refractivity contribution in [2.45, 2.75) is 154 Å². The molecule has 0 radical (unpaired) electrons. The quantitative estimate of drug-likeness (QED) is 0.0128. The maximum atomic E-state index is 12.6. The van der Waals surface area contributed by atoms with Crippen molar-refractivity contribution in [3.63, 3.8) is 0 Å². The van der Waals surface area contributed by atoms with Crippen molar-refractivity contribution in [3.8, 4) is 0 Å². The lowest BCUT2D eigenvalue weighted by molar-refractivity contribution is -0.161. The third-order valence-corrected chi connectivity index (χ3v) is 9.88. The first kappa shape index (κ1) is 57.3. The average molecular weight is 889 g/mol. The molecule has 0 bridgehead atoms. The van der Waals surface area contributed by atoms with E-state index in [9.17, 15) is 33.8 Å². The Hall–Kier alpha value is -2.74. The van der Waals surface area contributed by atoms with Gasteiger partial charge in [0.1, 0.15) is 12.7 Å². The van der Waals surface area contributed by atoms with Crippen LogP contribution in [0.25, 0.3) is 0 Å². The lowest BCUT2D eigenvalue weighted by atomic mass is 10.1. The van der Waals surface area contributed by atoms with Crippen LogP contribution in [0.1, 0.15) is 136 Å². The van der Waals surface area contributed by atoms with E-state index >= 15 is 0 Å². The van der Waals surface area contributed by atoms with Gasteiger partial charge in [-0.25, -0.2) is 9.13 Å². The molecule has 4 atom stereocenters. The number of rotatable bonds is 39. The van der Waals surface area contributed by atoms with Gasteiger partial charge < -0.3 is 34.4 Å². The third-order valence-electron chi connectivity index (χ3n) is 8.44. The molecule has 0 spiro atoms. The highest BCUT2D eigenvalue weighted by Gasteiger charge is 2.28. The number of esters is 2. The molecule has 0 aliphatic rings. The highest BCUT2D eigenvalue weighted by atomic mass is 31.2. The van der Waals surface area contributed by atoms with E-state index in [1.807, 2.05) is 43.4 Å². The summed E-state index contributed by atoms with van der Waals surface area (Å²) in [4.78, 5) is 52.6. The van der Waals surface area contributed by atoms with Crippen LogP contribution in [0.5, 0.6) is 0 Å². The summed E-state index contributed by atoms with van der Waals surface area (Å²) in [6.45, 7) is 1.30. The lowest BCUT2D eigenvalue weighted by Crippen LogP contribution is -2.29. The van der Waals surface area contributed by atoms with Gasteiger partial charge in [0.05, 0.1) is 25.9 Å². The van der Waals surface area contributed by atoms with Gasteiger partial charge in [-0.3, -0.25) is 23.2 Å². The molecule has 0 fully saturated rings. The zero-order valence-corrected chi connectivity index (χ0v) is 37.7. The van der Waals surface area contributed by atoms with Crippen LogP contribution < -0.4 is 0 Å². The normalized spacial score (nSPS) is 15.4. The van der Waals surface area contributed by atoms with Crippen LogP contribution in [0.2, 0.25) is 0 Å². The van der Waals surface area contributed by atoms with Crippen LogP contribution in [0.15, 0.2) is 85.1 Å². The SMILES string of the molecule is CCCCCC/C=C\C=C/CCCCCCCC(=O)OC[C@H](COP(=O)(O)OC[C@@H](O)COP(=O)(O)O)OC(=O)CCC/C=C\C/C=C\C/C=C\C/C=C\C=C\[C@H](O)CC. The molecule has 0 rings (SSSR count). The third kappa shape index (κ3) is 42.0. The number of hydrogen-bond acceptors (Lipinski definition) is 11. The van der Waals surface area contributed by atoms with Crippen LogP contribution in [-0.2, 0) is 41.8 Å². The summed E-state index contributed by atoms with van der Waals surface area (Å²) in [6, 6.07) is 0. The topological polar surface area (TPSA) is 216 Å². The van der Waals surface area contributed by atoms with Crippen LogP contribution in [-0.4, -0.2) is 81.6 Å². The second-order valence-corrected chi connectivity index (χ2v) is 16.8. The summed E-state index contributed by atoms with van der Waals surface area (Å²) >= 11 is 0. The molecule has 16 heteroatoms. The monoisotopic (exact) mass is 888 g/mol. The van der Waals surface area contributed by atoms with Gasteiger partial charge in [0, 0.05) is 12.8 Å². The van der Waals surface area contributed by atoms with Gasteiger partial charge in [0.2, 0.25) is 0 Å². The van der Waals surface area contributed by atoms with E-state index in [1.54, 1.807) is 6.08 Å². The molecule has 344 valence electrons. The van der Waals surface area contributed by atoms with Crippen LogP contribution in [0, 0.1) is 0 Å². The molecule has 0 saturated heterocycles. The van der Waals surface area contributed by atoms with E-state index in [0.29, 0.717) is 25.7 Å². The van der Waals surface area contributed by atoms with Crippen molar-refractivity contribution in [2.24, 2.45) is 0 Å². The highest BCUT2D eigenvalue weighted by molar-refractivity contribution is 7.47. The zero-order chi connectivity index (χ0) is 44.6. The first-order valence-electron chi connectivity index (χ1n) is 21.4. The number of aliphatic hydroxyl groups excluding tert-OH is 2. The summed E-state index contributed by atoms with van der Waals surface area (Å²) < 4.78 is 47.6. The summed E-state index contributed by atoms with van der Waals surface area (Å²) in [5, 5.41) is 19.2. The van der Waals surface area contributed by atoms with Crippen LogP contribution in [0.3, 0.4) is 0 Å². The van der Waals surface area contributed by atoms with Gasteiger partial charge in [0.25, 0.3) is 0 Å². The Bertz CT molecular complexity index is 1400. The van der Waals surface area contributed by atoms with Crippen molar-refractivity contribution in [2.75, 3.05) is 26.4 Å². The summed E-state index contributed by atoms with van der Waals surface area (Å²) in [5.41, 5.74) is 0. The molecule has 0 aliphatic carbocycles. The average Bonchev–Trinajstić information content (AvgIpc) is 3.21. The number of unbranched alkanes of at least 4 members (excludes halogenated alkanes) is 10. The molecular formula is C44H74O14P2. The Kier molecular flexibility index (Phi) is 37.3. The molecule has 0 aromatic carbocycles. The Labute approximate surface area is 359 Å². The molecule has 0 aromatic rings. The van der Waals surface area contributed by atoms with Crippen molar-refractivity contribution in [1.29, 1.82) is 0 Å². The molecule has 0 heterocycles. The molecular weight excluding hydrogens is 814 g/mol. The van der Waals surface area contributed by atoms with E-state index in [2.05, 4.69) is 58.5 Å². The second-order valence-electron chi connectivity index (χ2n) is 14.1. The minimum Gasteiger partial charge on any atom is -0.462 e. The maximum Gasteiger partial charge on any atom is 0.472 e. The molecule has 14 nitrogen and oxygen atoms in total. The molecule has 0 aliphatic heterocycles. The first-order chi connectivity index (χ1) is 28.8. The largest absolute Gasteiger partial charge is 0.472 e. The zero-order valence-electron chi connectivity index (χ0n) is 35.9. The fraction of sp³-hybridized carbons (Fsp3) is 0.636. The van der Waals surface area contributed by atoms with Crippen LogP contribution >= 0.6 is 15.6 Å². The van der Waals surface area contributed by atoms with Crippen molar-refractivity contribution in [3.05, 3.63) is 85.1 Å². The summed E-state index contributed by atoms with van der Waals surface area (Å²) in [5.74, 6) is -1.14. The van der Waals surface area contributed by atoms with Gasteiger partial charge >= 0.3 is 27.6 Å². The van der Waals surface area contributed by atoms with Gasteiger partial charge in [-0.05, 0) is 70.6 Å². The number of carbonyl (C=O) groups excluding carboxylic acids is 2. The van der Waals surface area contributed by atoms with Gasteiger partial charge in [-0.15, -0.1) is 0 Å². The first-order valence-corrected chi connectivity index (χ1v) is 24.4. The Balaban J connectivity index is 4.69. The van der Waals surface area contributed by atoms with Crippen molar-refractivity contribution < 1.29 is 66.7 Å². The second kappa shape index (κ2) is 39.1. The number of phosphoric acid groups is 2. The molecule has 0 amide bonds. The van der Waals surface area contributed by atoms with Gasteiger partial charge in [0.15, 0.2) is 6.10 Å². The molecule has 5 N–H and O–H groups in total. The number of phosphoric ester groups is 2. The fourth-order valence-corrected chi connectivity index (χ4v) is 6.19. The lowest BCUT2D eigenvalue weighted by Gasteiger charge is -2.20. The maximum absolute atomic E-state index is 12.6. The van der Waals surface area contributed by atoms with Gasteiger partial charge in [-0.2, -0.15) is 0 Å². The Morgan fingerprint density at radius 1 is 0.550 bits per heavy atom. The Morgan fingerprint density at radius 2 is 1.07 bits per heavy atom. The van der Waals surface area contributed by atoms with E-state index in [1.165, 1.54) is 25.7 Å². The van der Waals surface area contributed by atoms with Crippen molar-refractivity contribution >= 4 is 27.6 Å². The number of hydrogen-bond donors (Lipinski definition) is 5. The van der Waals surface area contributed by atoms with Gasteiger partial charge in [-0.1, -0.05) is 137 Å². The number of ether oxygens (including phenoxy) is 2. The number of aliphatic hydroxyl groups is 2. The molecule has 1 unspecified atom stereocenters. The smallest absolute Gasteiger partial charge is 0.462 e. The van der Waals surface area contributed by atoms with E-state index in [0.717, 1.165) is 57.8 Å². The van der Waals surface area contributed by atoms with E-state index < -0.39 is 72.3 Å². The fourth-order valence-electron chi connectivity index (χ4n) is 5.03. The number of allylic oxidation sites excluding steroid dienone is 13. The Morgan fingerprint density at radius 3 is 1.70 bits per heavy atom. The molecule has 60 heavy (non-hydrogen) atoms. The molecule has 0 aromatic heterocycles. The summed E-state index contributed by atoms with van der Waals surface area (Å²) in [7, 11) is -9.72. The van der Waals surface area contributed by atoms with Crippen LogP contribution in [0.4, 0.5) is 0 Å². The minimum atomic E-state index is -4.88. The minimum absolute atomic E-state index is 0.0313. The van der Waals surface area contributed by atoms with E-state index in [-0.39, 0.29) is 12.8 Å². The highest BCUT2D eigenvalue weighted by Crippen LogP contribution is 2.43. The summed E-state index contributed by atoms with van der Waals surface area (Å²) in [6.07, 6.45) is 41.0. The van der Waals surface area contributed by atoms with Crippen molar-refractivity contribution in [1.82, 2.24) is 0 Å². The molecule has 0 saturated carbocycles.